The fourth-order valence-corrected chi connectivity index (χ4v) is 2.48. The summed E-state index contributed by atoms with van der Waals surface area (Å²) in [5.41, 5.74) is 0.407. The van der Waals surface area contributed by atoms with Gasteiger partial charge in [0.25, 0.3) is 0 Å². The third-order valence-electron chi connectivity index (χ3n) is 2.38. The fraction of sp³-hybridized carbons (Fsp3) is 0.250. The van der Waals surface area contributed by atoms with Crippen LogP contribution in [0.15, 0.2) is 34.3 Å². The quantitative estimate of drug-likeness (QED) is 0.703. The number of nitrogens with zero attached hydrogens (tertiary/aromatic N) is 3. The highest BCUT2D eigenvalue weighted by Gasteiger charge is 2.14. The molecule has 9 heteroatoms. The summed E-state index contributed by atoms with van der Waals surface area (Å²) in [5.74, 6) is 5.44. The van der Waals surface area contributed by atoms with E-state index in [2.05, 4.69) is 36.2 Å². The van der Waals surface area contributed by atoms with E-state index >= 15 is 0 Å². The SMILES string of the molecule is O=S(=O)(NCCc1ncon1)c1cncc(C#CCO)c1. The van der Waals surface area contributed by atoms with Crippen LogP contribution < -0.4 is 4.72 Å². The standard InChI is InChI=1S/C12H12N4O4S/c17-5-1-2-10-6-11(8-13-7-10)21(18,19)15-4-3-12-14-9-20-16-12/h6-9,15,17H,3-5H2. The lowest BCUT2D eigenvalue weighted by atomic mass is 10.3. The van der Waals surface area contributed by atoms with E-state index in [-0.39, 0.29) is 18.0 Å². The molecule has 0 aliphatic carbocycles. The van der Waals surface area contributed by atoms with Gasteiger partial charge in [-0.1, -0.05) is 17.0 Å². The van der Waals surface area contributed by atoms with Crippen molar-refractivity contribution in [2.45, 2.75) is 11.3 Å². The molecule has 2 aromatic heterocycles. The van der Waals surface area contributed by atoms with Crippen LogP contribution in [-0.4, -0.2) is 41.8 Å². The molecule has 2 aromatic rings. The Morgan fingerprint density at radius 1 is 1.38 bits per heavy atom. The average Bonchev–Trinajstić information content (AvgIpc) is 2.98. The molecule has 0 bridgehead atoms. The topological polar surface area (TPSA) is 118 Å². The number of aliphatic hydroxyl groups excluding tert-OH is 1. The molecule has 0 aliphatic heterocycles. The fourth-order valence-electron chi connectivity index (χ4n) is 1.46. The van der Waals surface area contributed by atoms with Crippen LogP contribution in [0.5, 0.6) is 0 Å². The van der Waals surface area contributed by atoms with Crippen LogP contribution in [0.3, 0.4) is 0 Å². The maximum atomic E-state index is 12.1. The summed E-state index contributed by atoms with van der Waals surface area (Å²) >= 11 is 0. The van der Waals surface area contributed by atoms with E-state index in [0.717, 1.165) is 0 Å². The Bertz CT molecular complexity index is 747. The molecule has 2 rings (SSSR count). The van der Waals surface area contributed by atoms with E-state index in [1.807, 2.05) is 0 Å². The minimum Gasteiger partial charge on any atom is -0.384 e. The first-order valence-electron chi connectivity index (χ1n) is 5.91. The van der Waals surface area contributed by atoms with Crippen LogP contribution in [0.1, 0.15) is 11.4 Å². The highest BCUT2D eigenvalue weighted by atomic mass is 32.2. The van der Waals surface area contributed by atoms with Crippen LogP contribution >= 0.6 is 0 Å². The Balaban J connectivity index is 2.04. The first-order valence-corrected chi connectivity index (χ1v) is 7.40. The van der Waals surface area contributed by atoms with Crippen molar-refractivity contribution >= 4 is 10.0 Å². The number of hydrogen-bond donors (Lipinski definition) is 2. The normalized spacial score (nSPS) is 10.9. The lowest BCUT2D eigenvalue weighted by Gasteiger charge is -2.05. The van der Waals surface area contributed by atoms with Gasteiger partial charge in [-0.3, -0.25) is 4.98 Å². The molecule has 2 heterocycles. The van der Waals surface area contributed by atoms with E-state index in [1.165, 1.54) is 24.9 Å². The van der Waals surface area contributed by atoms with Gasteiger partial charge in [-0.15, -0.1) is 0 Å². The van der Waals surface area contributed by atoms with Gasteiger partial charge in [0.2, 0.25) is 16.4 Å². The molecule has 0 unspecified atom stereocenters. The molecule has 8 nitrogen and oxygen atoms in total. The molecule has 0 saturated carbocycles. The van der Waals surface area contributed by atoms with Crippen molar-refractivity contribution in [1.29, 1.82) is 0 Å². The highest BCUT2D eigenvalue weighted by Crippen LogP contribution is 2.08. The summed E-state index contributed by atoms with van der Waals surface area (Å²) in [7, 11) is -3.69. The molecule has 110 valence electrons. The van der Waals surface area contributed by atoms with Gasteiger partial charge in [0, 0.05) is 30.9 Å². The van der Waals surface area contributed by atoms with E-state index < -0.39 is 10.0 Å². The van der Waals surface area contributed by atoms with E-state index in [0.29, 0.717) is 17.8 Å². The summed E-state index contributed by atoms with van der Waals surface area (Å²) in [6.07, 6.45) is 4.13. The zero-order chi connectivity index (χ0) is 15.1. The third-order valence-corrected chi connectivity index (χ3v) is 3.81. The maximum Gasteiger partial charge on any atom is 0.242 e. The minimum atomic E-state index is -3.69. The van der Waals surface area contributed by atoms with Crippen molar-refractivity contribution in [2.24, 2.45) is 0 Å². The van der Waals surface area contributed by atoms with Gasteiger partial charge < -0.3 is 9.63 Å². The summed E-state index contributed by atoms with van der Waals surface area (Å²) in [6.45, 7) is -0.172. The van der Waals surface area contributed by atoms with Gasteiger partial charge in [-0.05, 0) is 6.07 Å². The Kier molecular flexibility index (Phi) is 4.99. The highest BCUT2D eigenvalue weighted by molar-refractivity contribution is 7.89. The molecular formula is C12H12N4O4S. The van der Waals surface area contributed by atoms with Crippen molar-refractivity contribution in [3.63, 3.8) is 0 Å². The first kappa shape index (κ1) is 15.1. The Morgan fingerprint density at radius 2 is 2.24 bits per heavy atom. The molecule has 0 spiro atoms. The molecule has 21 heavy (non-hydrogen) atoms. The number of rotatable bonds is 5. The lowest BCUT2D eigenvalue weighted by molar-refractivity contribution is 0.350. The second-order valence-electron chi connectivity index (χ2n) is 3.86. The van der Waals surface area contributed by atoms with E-state index in [9.17, 15) is 8.42 Å². The third kappa shape index (κ3) is 4.35. The Morgan fingerprint density at radius 3 is 2.95 bits per heavy atom. The zero-order valence-electron chi connectivity index (χ0n) is 10.9. The molecule has 0 aliphatic rings. The van der Waals surface area contributed by atoms with Gasteiger partial charge in [-0.2, -0.15) is 4.98 Å². The molecule has 0 aromatic carbocycles. The van der Waals surface area contributed by atoms with Gasteiger partial charge in [-0.25, -0.2) is 13.1 Å². The summed E-state index contributed by atoms with van der Waals surface area (Å²) in [4.78, 5) is 7.61. The van der Waals surface area contributed by atoms with Gasteiger partial charge in [0.05, 0.1) is 0 Å². The number of hydrogen-bond acceptors (Lipinski definition) is 7. The second-order valence-corrected chi connectivity index (χ2v) is 5.63. The molecule has 2 N–H and O–H groups in total. The predicted octanol–water partition coefficient (Wildman–Crippen LogP) is -0.671. The smallest absolute Gasteiger partial charge is 0.242 e. The van der Waals surface area contributed by atoms with Crippen molar-refractivity contribution in [3.05, 3.63) is 36.2 Å². The molecule has 0 atom stereocenters. The number of pyridine rings is 1. The summed E-state index contributed by atoms with van der Waals surface area (Å²) in [5, 5.41) is 12.2. The summed E-state index contributed by atoms with van der Waals surface area (Å²) < 4.78 is 31.1. The monoisotopic (exact) mass is 308 g/mol. The Hall–Kier alpha value is -2.28. The molecule has 0 saturated heterocycles. The number of sulfonamides is 1. The predicted molar refractivity (Wildman–Crippen MR) is 71.4 cm³/mol. The second kappa shape index (κ2) is 6.94. The van der Waals surface area contributed by atoms with Crippen molar-refractivity contribution in [2.75, 3.05) is 13.2 Å². The molecular weight excluding hydrogens is 296 g/mol. The lowest BCUT2D eigenvalue weighted by Crippen LogP contribution is -2.26. The van der Waals surface area contributed by atoms with Crippen LogP contribution in [-0.2, 0) is 16.4 Å². The maximum absolute atomic E-state index is 12.1. The largest absolute Gasteiger partial charge is 0.384 e. The minimum absolute atomic E-state index is 0.000326. The molecule has 0 fully saturated rings. The van der Waals surface area contributed by atoms with Gasteiger partial charge in [0.15, 0.2) is 5.82 Å². The van der Waals surface area contributed by atoms with Crippen LogP contribution in [0.2, 0.25) is 0 Å². The van der Waals surface area contributed by atoms with Crippen molar-refractivity contribution < 1.29 is 18.0 Å². The zero-order valence-corrected chi connectivity index (χ0v) is 11.7. The molecule has 0 amide bonds. The number of aliphatic hydroxyl groups is 1. The van der Waals surface area contributed by atoms with E-state index in [1.54, 1.807) is 0 Å². The van der Waals surface area contributed by atoms with Crippen LogP contribution in [0.25, 0.3) is 0 Å². The summed E-state index contributed by atoms with van der Waals surface area (Å²) in [6, 6.07) is 1.38. The average molecular weight is 308 g/mol. The van der Waals surface area contributed by atoms with Crippen LogP contribution in [0, 0.1) is 11.8 Å². The van der Waals surface area contributed by atoms with Gasteiger partial charge in [0.1, 0.15) is 11.5 Å². The first-order chi connectivity index (χ1) is 10.1. The van der Waals surface area contributed by atoms with Crippen molar-refractivity contribution in [3.8, 4) is 11.8 Å². The number of nitrogens with one attached hydrogen (secondary N) is 1. The van der Waals surface area contributed by atoms with Gasteiger partial charge >= 0.3 is 0 Å². The van der Waals surface area contributed by atoms with E-state index in [4.69, 9.17) is 5.11 Å². The number of aromatic nitrogens is 3. The van der Waals surface area contributed by atoms with Crippen LogP contribution in [0.4, 0.5) is 0 Å². The molecule has 0 radical (unpaired) electrons. The van der Waals surface area contributed by atoms with Crippen molar-refractivity contribution in [1.82, 2.24) is 19.8 Å². The Labute approximate surface area is 121 Å².